The molecule has 4 aromatic rings. The van der Waals surface area contributed by atoms with Gasteiger partial charge in [0.25, 0.3) is 0 Å². The van der Waals surface area contributed by atoms with Gasteiger partial charge in [-0.1, -0.05) is 41.6 Å². The van der Waals surface area contributed by atoms with Gasteiger partial charge in [0, 0.05) is 28.0 Å². The molecule has 0 fully saturated rings. The normalized spacial score (nSPS) is 13.0. The fourth-order valence-corrected chi connectivity index (χ4v) is 4.37. The van der Waals surface area contributed by atoms with Crippen LogP contribution in [0.3, 0.4) is 0 Å². The van der Waals surface area contributed by atoms with Crippen molar-refractivity contribution in [1.29, 1.82) is 0 Å². The van der Waals surface area contributed by atoms with Crippen molar-refractivity contribution >= 4 is 35.0 Å². The van der Waals surface area contributed by atoms with E-state index in [1.807, 2.05) is 66.1 Å². The third-order valence-electron chi connectivity index (χ3n) is 5.04. The van der Waals surface area contributed by atoms with Gasteiger partial charge < -0.3 is 14.8 Å². The van der Waals surface area contributed by atoms with Gasteiger partial charge in [-0.25, -0.2) is 0 Å². The number of thioether (sulfide) groups is 1. The first-order valence-electron chi connectivity index (χ1n) is 10.2. The Kier molecular flexibility index (Phi) is 5.93. The van der Waals surface area contributed by atoms with Crippen molar-refractivity contribution in [3.63, 3.8) is 0 Å². The highest BCUT2D eigenvalue weighted by atomic mass is 35.5. The Hall–Kier alpha value is -3.49. The molecule has 0 aliphatic carbocycles. The Bertz CT molecular complexity index is 1300. The lowest BCUT2D eigenvalue weighted by Gasteiger charge is -2.14. The highest BCUT2D eigenvalue weighted by Gasteiger charge is 2.23. The van der Waals surface area contributed by atoms with Gasteiger partial charge in [0.05, 0.1) is 5.25 Å². The summed E-state index contributed by atoms with van der Waals surface area (Å²) in [6.07, 6.45) is 0. The zero-order valence-electron chi connectivity index (χ0n) is 17.6. The van der Waals surface area contributed by atoms with Gasteiger partial charge in [0.2, 0.25) is 12.7 Å². The van der Waals surface area contributed by atoms with Crippen molar-refractivity contribution < 1.29 is 14.3 Å². The van der Waals surface area contributed by atoms with Crippen molar-refractivity contribution in [2.24, 2.45) is 0 Å². The van der Waals surface area contributed by atoms with Crippen LogP contribution in [0.2, 0.25) is 5.02 Å². The number of halogens is 1. The summed E-state index contributed by atoms with van der Waals surface area (Å²) in [5, 5.41) is 12.6. The fourth-order valence-electron chi connectivity index (χ4n) is 3.37. The second kappa shape index (κ2) is 9.17. The van der Waals surface area contributed by atoms with Crippen LogP contribution >= 0.6 is 23.4 Å². The van der Waals surface area contributed by atoms with E-state index >= 15 is 0 Å². The number of hydrogen-bond acceptors (Lipinski definition) is 6. The highest BCUT2D eigenvalue weighted by molar-refractivity contribution is 8.00. The third kappa shape index (κ3) is 4.53. The topological polar surface area (TPSA) is 78.3 Å². The van der Waals surface area contributed by atoms with Crippen LogP contribution in [0.1, 0.15) is 6.92 Å². The Labute approximate surface area is 199 Å². The molecule has 1 aromatic heterocycles. The van der Waals surface area contributed by atoms with Crippen LogP contribution < -0.4 is 14.8 Å². The molecule has 1 aliphatic rings. The largest absolute Gasteiger partial charge is 0.454 e. The van der Waals surface area contributed by atoms with Crippen molar-refractivity contribution in [1.82, 2.24) is 14.8 Å². The number of anilines is 1. The van der Waals surface area contributed by atoms with Crippen LogP contribution in [0.15, 0.2) is 78.0 Å². The molecule has 0 spiro atoms. The molecular weight excluding hydrogens is 460 g/mol. The van der Waals surface area contributed by atoms with Crippen LogP contribution in [0.5, 0.6) is 11.5 Å². The first-order valence-corrected chi connectivity index (χ1v) is 11.5. The molecule has 33 heavy (non-hydrogen) atoms. The van der Waals surface area contributed by atoms with Gasteiger partial charge in [0.1, 0.15) is 0 Å². The SMILES string of the molecule is CC(Sc1nnc(-c2ccc(Cl)cc2)n1-c1ccccc1)C(=O)Nc1ccc2c(c1)OCO2. The zero-order chi connectivity index (χ0) is 22.8. The van der Waals surface area contributed by atoms with Crippen LogP contribution in [0.25, 0.3) is 17.1 Å². The quantitative estimate of drug-likeness (QED) is 0.372. The first kappa shape index (κ1) is 21.4. The van der Waals surface area contributed by atoms with Crippen molar-refractivity contribution in [3.05, 3.63) is 77.8 Å². The molecule has 166 valence electrons. The fraction of sp³-hybridized carbons (Fsp3) is 0.125. The maximum atomic E-state index is 12.9. The second-order valence-corrected chi connectivity index (χ2v) is 9.05. The summed E-state index contributed by atoms with van der Waals surface area (Å²) >= 11 is 7.39. The summed E-state index contributed by atoms with van der Waals surface area (Å²) in [6, 6.07) is 22.5. The highest BCUT2D eigenvalue weighted by Crippen LogP contribution is 2.35. The van der Waals surface area contributed by atoms with Crippen molar-refractivity contribution in [2.45, 2.75) is 17.3 Å². The maximum absolute atomic E-state index is 12.9. The van der Waals surface area contributed by atoms with Gasteiger partial charge in [-0.15, -0.1) is 10.2 Å². The molecule has 3 aromatic carbocycles. The van der Waals surface area contributed by atoms with E-state index < -0.39 is 5.25 Å². The van der Waals surface area contributed by atoms with Gasteiger partial charge >= 0.3 is 0 Å². The lowest BCUT2D eigenvalue weighted by atomic mass is 10.2. The maximum Gasteiger partial charge on any atom is 0.237 e. The average Bonchev–Trinajstić information content (AvgIpc) is 3.47. The molecule has 1 atom stereocenters. The number of rotatable bonds is 6. The summed E-state index contributed by atoms with van der Waals surface area (Å²) < 4.78 is 12.6. The number of aromatic nitrogens is 3. The molecule has 5 rings (SSSR count). The predicted molar refractivity (Wildman–Crippen MR) is 128 cm³/mol. The summed E-state index contributed by atoms with van der Waals surface area (Å²) in [5.74, 6) is 1.80. The number of carbonyl (C=O) groups excluding carboxylic acids is 1. The lowest BCUT2D eigenvalue weighted by Crippen LogP contribution is -2.22. The number of hydrogen-bond donors (Lipinski definition) is 1. The predicted octanol–water partition coefficient (Wildman–Crippen LogP) is 5.44. The van der Waals surface area contributed by atoms with E-state index in [2.05, 4.69) is 15.5 Å². The minimum atomic E-state index is -0.430. The molecule has 0 saturated carbocycles. The lowest BCUT2D eigenvalue weighted by molar-refractivity contribution is -0.115. The van der Waals surface area contributed by atoms with Crippen molar-refractivity contribution in [2.75, 3.05) is 12.1 Å². The summed E-state index contributed by atoms with van der Waals surface area (Å²) in [5.41, 5.74) is 2.42. The van der Waals surface area contributed by atoms with E-state index in [0.29, 0.717) is 33.2 Å². The summed E-state index contributed by atoms with van der Waals surface area (Å²) in [6.45, 7) is 2.02. The van der Waals surface area contributed by atoms with Crippen LogP contribution in [-0.4, -0.2) is 32.7 Å². The van der Waals surface area contributed by atoms with E-state index in [4.69, 9.17) is 21.1 Å². The van der Waals surface area contributed by atoms with Gasteiger partial charge in [-0.05, 0) is 55.5 Å². The number of nitrogens with one attached hydrogen (secondary N) is 1. The van der Waals surface area contributed by atoms with Crippen LogP contribution in [0, 0.1) is 0 Å². The molecule has 1 aliphatic heterocycles. The third-order valence-corrected chi connectivity index (χ3v) is 6.34. The summed E-state index contributed by atoms with van der Waals surface area (Å²) in [4.78, 5) is 12.9. The van der Waals surface area contributed by atoms with Crippen LogP contribution in [0.4, 0.5) is 5.69 Å². The minimum Gasteiger partial charge on any atom is -0.454 e. The second-order valence-electron chi connectivity index (χ2n) is 7.30. The van der Waals surface area contributed by atoms with Crippen LogP contribution in [-0.2, 0) is 4.79 Å². The molecular formula is C24H19ClN4O3S. The van der Waals surface area contributed by atoms with E-state index in [1.54, 1.807) is 18.2 Å². The smallest absolute Gasteiger partial charge is 0.237 e. The molecule has 0 saturated heterocycles. The van der Waals surface area contributed by atoms with Gasteiger partial charge in [-0.2, -0.15) is 0 Å². The van der Waals surface area contributed by atoms with Gasteiger partial charge in [-0.3, -0.25) is 9.36 Å². The summed E-state index contributed by atoms with van der Waals surface area (Å²) in [7, 11) is 0. The molecule has 9 heteroatoms. The number of benzene rings is 3. The molecule has 1 N–H and O–H groups in total. The number of amides is 1. The van der Waals surface area contributed by atoms with E-state index in [0.717, 1.165) is 11.3 Å². The monoisotopic (exact) mass is 478 g/mol. The molecule has 0 bridgehead atoms. The zero-order valence-corrected chi connectivity index (χ0v) is 19.1. The number of fused-ring (bicyclic) bond motifs is 1. The number of nitrogens with zero attached hydrogens (tertiary/aromatic N) is 3. The Balaban J connectivity index is 1.40. The Morgan fingerprint density at radius 1 is 1.03 bits per heavy atom. The van der Waals surface area contributed by atoms with E-state index in [-0.39, 0.29) is 12.7 Å². The molecule has 0 radical (unpaired) electrons. The standard InChI is InChI=1S/C24H19ClN4O3S/c1-15(23(30)26-18-11-12-20-21(13-18)32-14-31-20)33-24-28-27-22(16-7-9-17(25)10-8-16)29(24)19-5-3-2-4-6-19/h2-13,15H,14H2,1H3,(H,26,30). The van der Waals surface area contributed by atoms with Gasteiger partial charge in [0.15, 0.2) is 22.5 Å². The Morgan fingerprint density at radius 2 is 1.79 bits per heavy atom. The number of para-hydroxylation sites is 1. The Morgan fingerprint density at radius 3 is 2.58 bits per heavy atom. The number of ether oxygens (including phenoxy) is 2. The molecule has 7 nitrogen and oxygen atoms in total. The molecule has 1 amide bonds. The van der Waals surface area contributed by atoms with E-state index in [1.165, 1.54) is 11.8 Å². The number of carbonyl (C=O) groups is 1. The van der Waals surface area contributed by atoms with Crippen molar-refractivity contribution in [3.8, 4) is 28.6 Å². The van der Waals surface area contributed by atoms with E-state index in [9.17, 15) is 4.79 Å². The molecule has 1 unspecified atom stereocenters. The average molecular weight is 479 g/mol. The minimum absolute atomic E-state index is 0.158. The molecule has 2 heterocycles. The first-order chi connectivity index (χ1) is 16.1.